The van der Waals surface area contributed by atoms with E-state index in [0.717, 1.165) is 0 Å². The number of aromatic nitrogens is 4. The lowest BCUT2D eigenvalue weighted by Crippen LogP contribution is -2.37. The van der Waals surface area contributed by atoms with Gasteiger partial charge in [-0.05, 0) is 11.6 Å². The Morgan fingerprint density at radius 3 is 2.94 bits per heavy atom. The number of fused-ring (bicyclic) bond motifs is 1. The Balaban J connectivity index is 2.36. The molecule has 1 fully saturated rings. The van der Waals surface area contributed by atoms with E-state index in [2.05, 4.69) is 9.97 Å². The molecule has 0 atom stereocenters. The van der Waals surface area contributed by atoms with E-state index in [-0.39, 0.29) is 17.0 Å². The van der Waals surface area contributed by atoms with E-state index >= 15 is 0 Å². The highest BCUT2D eigenvalue weighted by Crippen LogP contribution is 2.20. The van der Waals surface area contributed by atoms with Crippen molar-refractivity contribution < 1.29 is 4.74 Å². The molecule has 84 valence electrons. The van der Waals surface area contributed by atoms with Gasteiger partial charge in [0.25, 0.3) is 0 Å². The van der Waals surface area contributed by atoms with Crippen LogP contribution in [0.25, 0.3) is 11.2 Å². The van der Waals surface area contributed by atoms with Crippen LogP contribution in [0.3, 0.4) is 0 Å². The molecule has 0 N–H and O–H groups in total. The zero-order valence-electron chi connectivity index (χ0n) is 8.55. The molecule has 2 aromatic heterocycles. The summed E-state index contributed by atoms with van der Waals surface area (Å²) in [6.45, 7) is 1.08. The molecule has 1 aliphatic heterocycles. The van der Waals surface area contributed by atoms with Gasteiger partial charge >= 0.3 is 5.69 Å². The molecule has 7 heteroatoms. The van der Waals surface area contributed by atoms with E-state index in [1.54, 1.807) is 17.8 Å². The van der Waals surface area contributed by atoms with E-state index in [1.807, 2.05) is 0 Å². The first-order valence-electron chi connectivity index (χ1n) is 4.85. The summed E-state index contributed by atoms with van der Waals surface area (Å²) in [4.78, 5) is 20.0. The van der Waals surface area contributed by atoms with Crippen molar-refractivity contribution in [1.82, 2.24) is 19.1 Å². The van der Waals surface area contributed by atoms with E-state index in [4.69, 9.17) is 16.3 Å². The second-order valence-corrected chi connectivity index (χ2v) is 4.09. The summed E-state index contributed by atoms with van der Waals surface area (Å²) >= 11 is 5.74. The third kappa shape index (κ3) is 1.20. The molecule has 0 aromatic carbocycles. The number of rotatable bonds is 1. The molecule has 0 amide bonds. The average molecular weight is 241 g/mol. The van der Waals surface area contributed by atoms with Gasteiger partial charge < -0.3 is 4.74 Å². The van der Waals surface area contributed by atoms with Gasteiger partial charge in [0.1, 0.15) is 5.52 Å². The second-order valence-electron chi connectivity index (χ2n) is 3.75. The van der Waals surface area contributed by atoms with Crippen molar-refractivity contribution in [2.75, 3.05) is 13.2 Å². The quantitative estimate of drug-likeness (QED) is 0.675. The van der Waals surface area contributed by atoms with Crippen molar-refractivity contribution in [3.8, 4) is 0 Å². The molecule has 2 aromatic rings. The van der Waals surface area contributed by atoms with Gasteiger partial charge in [-0.25, -0.2) is 9.78 Å². The monoisotopic (exact) mass is 240 g/mol. The number of nitrogens with zero attached hydrogens (tertiary/aromatic N) is 4. The first-order valence-corrected chi connectivity index (χ1v) is 5.23. The molecular weight excluding hydrogens is 232 g/mol. The van der Waals surface area contributed by atoms with Crippen LogP contribution < -0.4 is 5.69 Å². The lowest BCUT2D eigenvalue weighted by molar-refractivity contribution is -0.0233. The van der Waals surface area contributed by atoms with Crippen molar-refractivity contribution in [2.45, 2.75) is 6.04 Å². The number of hydrogen-bond donors (Lipinski definition) is 0. The first-order chi connectivity index (χ1) is 7.68. The van der Waals surface area contributed by atoms with Crippen molar-refractivity contribution in [2.24, 2.45) is 7.05 Å². The molecule has 0 unspecified atom stereocenters. The van der Waals surface area contributed by atoms with E-state index < -0.39 is 0 Å². The average Bonchev–Trinajstić information content (AvgIpc) is 2.41. The number of ether oxygens (including phenoxy) is 1. The lowest BCUT2D eigenvalue weighted by Gasteiger charge is -2.26. The standard InChI is InChI=1S/C9H9ClN4O2/c1-13-6-2-11-8(10)12-7(6)14(9(13)15)5-3-16-4-5/h2,5H,3-4H2,1H3. The Labute approximate surface area is 95.4 Å². The van der Waals surface area contributed by atoms with Gasteiger partial charge in [-0.2, -0.15) is 4.98 Å². The Hall–Kier alpha value is -1.40. The summed E-state index contributed by atoms with van der Waals surface area (Å²) in [5.41, 5.74) is 1.14. The van der Waals surface area contributed by atoms with Crippen LogP contribution in [0, 0.1) is 0 Å². The van der Waals surface area contributed by atoms with Crippen LogP contribution in [0.2, 0.25) is 5.28 Å². The predicted molar refractivity (Wildman–Crippen MR) is 57.6 cm³/mol. The summed E-state index contributed by atoms with van der Waals surface area (Å²) in [5.74, 6) is 0. The van der Waals surface area contributed by atoms with Crippen LogP contribution in [-0.4, -0.2) is 32.3 Å². The van der Waals surface area contributed by atoms with E-state index in [1.165, 1.54) is 4.57 Å². The molecule has 0 spiro atoms. The van der Waals surface area contributed by atoms with Crippen LogP contribution in [0.5, 0.6) is 0 Å². The molecule has 1 aliphatic rings. The number of hydrogen-bond acceptors (Lipinski definition) is 4. The van der Waals surface area contributed by atoms with Crippen LogP contribution in [-0.2, 0) is 11.8 Å². The van der Waals surface area contributed by atoms with Crippen LogP contribution in [0.15, 0.2) is 11.0 Å². The highest BCUT2D eigenvalue weighted by Gasteiger charge is 2.26. The summed E-state index contributed by atoms with van der Waals surface area (Å²) in [5, 5.41) is 0.145. The molecule has 1 saturated heterocycles. The number of aryl methyl sites for hydroxylation is 1. The van der Waals surface area contributed by atoms with Gasteiger partial charge in [0.2, 0.25) is 5.28 Å². The fourth-order valence-electron chi connectivity index (χ4n) is 1.82. The van der Waals surface area contributed by atoms with E-state index in [0.29, 0.717) is 24.4 Å². The smallest absolute Gasteiger partial charge is 0.330 e. The lowest BCUT2D eigenvalue weighted by atomic mass is 10.2. The number of imidazole rings is 1. The van der Waals surface area contributed by atoms with Gasteiger partial charge in [-0.3, -0.25) is 9.13 Å². The molecule has 3 rings (SSSR count). The first kappa shape index (κ1) is 9.80. The molecule has 3 heterocycles. The second kappa shape index (κ2) is 3.29. The van der Waals surface area contributed by atoms with Crippen molar-refractivity contribution in [3.05, 3.63) is 22.0 Å². The summed E-state index contributed by atoms with van der Waals surface area (Å²) in [6.07, 6.45) is 1.56. The van der Waals surface area contributed by atoms with Gasteiger partial charge in [-0.15, -0.1) is 0 Å². The third-order valence-electron chi connectivity index (χ3n) is 2.79. The molecule has 0 radical (unpaired) electrons. The maximum Gasteiger partial charge on any atom is 0.330 e. The summed E-state index contributed by atoms with van der Waals surface area (Å²) in [7, 11) is 1.69. The van der Waals surface area contributed by atoms with Crippen molar-refractivity contribution in [3.63, 3.8) is 0 Å². The fraction of sp³-hybridized carbons (Fsp3) is 0.444. The topological polar surface area (TPSA) is 61.9 Å². The Bertz CT molecular complexity index is 614. The van der Waals surface area contributed by atoms with Gasteiger partial charge in [0.15, 0.2) is 5.65 Å². The molecular formula is C9H9ClN4O2. The predicted octanol–water partition coefficient (Wildman–Crippen LogP) is 0.355. The molecule has 16 heavy (non-hydrogen) atoms. The minimum Gasteiger partial charge on any atom is -0.377 e. The largest absolute Gasteiger partial charge is 0.377 e. The van der Waals surface area contributed by atoms with Crippen molar-refractivity contribution >= 4 is 22.8 Å². The Kier molecular flexibility index (Phi) is 2.02. The SMILES string of the molecule is Cn1c(=O)n(C2COC2)c2nc(Cl)ncc21. The van der Waals surface area contributed by atoms with Gasteiger partial charge in [-0.1, -0.05) is 0 Å². The number of halogens is 1. The minimum atomic E-state index is -0.111. The molecule has 0 saturated carbocycles. The third-order valence-corrected chi connectivity index (χ3v) is 2.97. The maximum atomic E-state index is 12.0. The van der Waals surface area contributed by atoms with Crippen LogP contribution in [0.4, 0.5) is 0 Å². The summed E-state index contributed by atoms with van der Waals surface area (Å²) in [6, 6.07) is 0.0576. The minimum absolute atomic E-state index is 0.0576. The van der Waals surface area contributed by atoms with Gasteiger partial charge in [0, 0.05) is 7.05 Å². The zero-order chi connectivity index (χ0) is 11.3. The highest BCUT2D eigenvalue weighted by atomic mass is 35.5. The fourth-order valence-corrected chi connectivity index (χ4v) is 1.95. The van der Waals surface area contributed by atoms with Crippen LogP contribution in [0.1, 0.15) is 6.04 Å². The Morgan fingerprint density at radius 1 is 1.56 bits per heavy atom. The zero-order valence-corrected chi connectivity index (χ0v) is 9.31. The normalized spacial score (nSPS) is 16.6. The van der Waals surface area contributed by atoms with Gasteiger partial charge in [0.05, 0.1) is 25.5 Å². The maximum absolute atomic E-state index is 12.0. The Morgan fingerprint density at radius 2 is 2.31 bits per heavy atom. The summed E-state index contributed by atoms with van der Waals surface area (Å²) < 4.78 is 8.22. The molecule has 0 aliphatic carbocycles. The molecule has 0 bridgehead atoms. The van der Waals surface area contributed by atoms with E-state index in [9.17, 15) is 4.79 Å². The molecule has 6 nitrogen and oxygen atoms in total. The van der Waals surface area contributed by atoms with Crippen LogP contribution >= 0.6 is 11.6 Å². The highest BCUT2D eigenvalue weighted by molar-refractivity contribution is 6.28. The van der Waals surface area contributed by atoms with Crippen molar-refractivity contribution in [1.29, 1.82) is 0 Å².